The van der Waals surface area contributed by atoms with Crippen LogP contribution in [0.5, 0.6) is 23.0 Å². The number of hydrogen-bond donors (Lipinski definition) is 0. The molecule has 2 aliphatic heterocycles. The second kappa shape index (κ2) is 21.5. The Kier molecular flexibility index (Phi) is 12.0. The zero-order chi connectivity index (χ0) is 64.7. The lowest BCUT2D eigenvalue weighted by atomic mass is 9.87. The van der Waals surface area contributed by atoms with Gasteiger partial charge >= 0.3 is 0 Å². The van der Waals surface area contributed by atoms with Crippen molar-refractivity contribution < 1.29 is 9.47 Å². The first-order valence-electron chi connectivity index (χ1n) is 32.8. The monoisotopic (exact) mass is 1240 g/mol. The summed E-state index contributed by atoms with van der Waals surface area (Å²) in [5, 5.41) is 39.5. The summed E-state index contributed by atoms with van der Waals surface area (Å²) in [5.41, 5.74) is 19.9. The Morgan fingerprint density at radius 1 is 0.255 bits per heavy atom. The fourth-order valence-corrected chi connectivity index (χ4v) is 15.7. The molecule has 0 bridgehead atoms. The van der Waals surface area contributed by atoms with Crippen molar-refractivity contribution in [3.63, 3.8) is 0 Å². The summed E-state index contributed by atoms with van der Waals surface area (Å²) in [5.74, 6) is 3.08. The van der Waals surface area contributed by atoms with E-state index in [1.807, 2.05) is 79.0 Å². The Morgan fingerprint density at radius 3 is 1.24 bits per heavy atom. The minimum atomic E-state index is 0.591. The number of nitrogens with zero attached hydrogens (tertiary/aromatic N) is 5. The van der Waals surface area contributed by atoms with Crippen LogP contribution in [-0.2, 0) is 0 Å². The standard InChI is InChI=1S/C48H26N2O.C43H23N3O/c49-27-28-9-18-40-42-8-2-7-41-38(19-20-43(47(41)42)51-44(40)22-28)37-25-34-16-14-32-23-36(24-33-15-17-35(26-37)46(34)45(32)33)29-10-12-30(13-11-29)39-6-1-4-31-5-3-21-50-48(31)39;44-24-25-7-12-34-36-14-13-33(35-3-1-6-39(43(35)36)47-40(34)19-25)31-20-27-8-10-29-22-32(23-30-11-9-28(21-31)41(27)42(29)30)38-5-2-4-37(46-38)26-15-17-45-18-16-26/h1-26H;1-23H. The maximum atomic E-state index is 9.44. The van der Waals surface area contributed by atoms with Gasteiger partial charge in [-0.3, -0.25) is 9.97 Å². The molecule has 19 aromatic rings. The third kappa shape index (κ3) is 8.64. The first-order valence-corrected chi connectivity index (χ1v) is 32.8. The number of pyridine rings is 3. The third-order valence-electron chi connectivity index (χ3n) is 20.1. The summed E-state index contributed by atoms with van der Waals surface area (Å²) in [6.07, 6.45) is 5.46. The minimum absolute atomic E-state index is 0.591. The Hall–Kier alpha value is -13.6. The van der Waals surface area contributed by atoms with E-state index in [1.54, 1.807) is 12.4 Å². The van der Waals surface area contributed by atoms with Gasteiger partial charge in [0.1, 0.15) is 23.0 Å². The largest absolute Gasteiger partial charge is 0.456 e. The summed E-state index contributed by atoms with van der Waals surface area (Å²) in [6, 6.07) is 103. The molecular formula is C91H49N5O2. The fourth-order valence-electron chi connectivity index (χ4n) is 15.7. The quantitative estimate of drug-likeness (QED) is 0.153. The van der Waals surface area contributed by atoms with Gasteiger partial charge in [0.25, 0.3) is 0 Å². The van der Waals surface area contributed by atoms with Crippen LogP contribution in [0.15, 0.2) is 298 Å². The second-order valence-corrected chi connectivity index (χ2v) is 25.6. The molecule has 0 atom stereocenters. The van der Waals surface area contributed by atoms with Gasteiger partial charge < -0.3 is 9.47 Å². The fraction of sp³-hybridized carbons (Fsp3) is 0. The van der Waals surface area contributed by atoms with Gasteiger partial charge in [-0.05, 0) is 253 Å². The van der Waals surface area contributed by atoms with Gasteiger partial charge in [0.15, 0.2) is 0 Å². The van der Waals surface area contributed by atoms with Crippen LogP contribution in [0.2, 0.25) is 0 Å². The van der Waals surface area contributed by atoms with Crippen molar-refractivity contribution in [2.75, 3.05) is 0 Å². The van der Waals surface area contributed by atoms with Gasteiger partial charge in [-0.2, -0.15) is 10.5 Å². The van der Waals surface area contributed by atoms with Crippen LogP contribution in [0.3, 0.4) is 0 Å². The summed E-state index contributed by atoms with van der Waals surface area (Å²) >= 11 is 0. The number of para-hydroxylation sites is 1. The van der Waals surface area contributed by atoms with E-state index in [9.17, 15) is 10.5 Å². The van der Waals surface area contributed by atoms with Gasteiger partial charge in [-0.15, -0.1) is 0 Å². The minimum Gasteiger partial charge on any atom is -0.456 e. The van der Waals surface area contributed by atoms with E-state index in [1.165, 1.54) is 104 Å². The van der Waals surface area contributed by atoms with Gasteiger partial charge in [0.2, 0.25) is 0 Å². The average molecular weight is 1240 g/mol. The normalized spacial score (nSPS) is 12.0. The molecule has 7 heteroatoms. The van der Waals surface area contributed by atoms with Gasteiger partial charge in [-0.25, -0.2) is 4.98 Å². The van der Waals surface area contributed by atoms with E-state index < -0.39 is 0 Å². The third-order valence-corrected chi connectivity index (χ3v) is 20.1. The van der Waals surface area contributed by atoms with E-state index in [4.69, 9.17) is 14.5 Å². The zero-order valence-electron chi connectivity index (χ0n) is 52.3. The highest BCUT2D eigenvalue weighted by molar-refractivity contribution is 6.27. The van der Waals surface area contributed by atoms with Gasteiger partial charge in [0.05, 0.1) is 40.2 Å². The number of ether oxygens (including phenoxy) is 2. The number of benzene rings is 16. The van der Waals surface area contributed by atoms with Crippen LogP contribution in [-0.4, -0.2) is 15.0 Å². The van der Waals surface area contributed by atoms with Crippen molar-refractivity contribution in [1.82, 2.24) is 15.0 Å². The highest BCUT2D eigenvalue weighted by atomic mass is 16.5. The van der Waals surface area contributed by atoms with Crippen molar-refractivity contribution in [2.24, 2.45) is 0 Å². The Labute approximate surface area is 561 Å². The first kappa shape index (κ1) is 54.9. The van der Waals surface area contributed by atoms with Crippen LogP contribution in [0.25, 0.3) is 186 Å². The van der Waals surface area contributed by atoms with E-state index in [-0.39, 0.29) is 0 Å². The van der Waals surface area contributed by atoms with E-state index in [0.29, 0.717) is 11.1 Å². The predicted molar refractivity (Wildman–Crippen MR) is 399 cm³/mol. The molecule has 0 aliphatic carbocycles. The van der Waals surface area contributed by atoms with E-state index >= 15 is 0 Å². The molecule has 98 heavy (non-hydrogen) atoms. The van der Waals surface area contributed by atoms with Crippen LogP contribution < -0.4 is 9.47 Å². The molecule has 0 unspecified atom stereocenters. The molecule has 5 heterocycles. The molecule has 16 aromatic carbocycles. The van der Waals surface area contributed by atoms with E-state index in [0.717, 1.165) is 106 Å². The average Bonchev–Trinajstić information content (AvgIpc) is 0.737. The molecule has 0 saturated heterocycles. The van der Waals surface area contributed by atoms with Crippen molar-refractivity contribution >= 4 is 97.1 Å². The Balaban J connectivity index is 0.000000133. The smallest absolute Gasteiger partial charge is 0.136 e. The Bertz CT molecular complexity index is 6560. The lowest BCUT2D eigenvalue weighted by molar-refractivity contribution is 0.486. The number of aromatic nitrogens is 3. The van der Waals surface area contributed by atoms with Crippen molar-refractivity contribution in [2.45, 2.75) is 0 Å². The number of nitriles is 2. The molecule has 3 aromatic heterocycles. The van der Waals surface area contributed by atoms with Crippen molar-refractivity contribution in [1.29, 1.82) is 10.5 Å². The summed E-state index contributed by atoms with van der Waals surface area (Å²) in [6.45, 7) is 0. The van der Waals surface area contributed by atoms with Crippen LogP contribution in [0.1, 0.15) is 11.1 Å². The number of rotatable bonds is 6. The summed E-state index contributed by atoms with van der Waals surface area (Å²) in [4.78, 5) is 13.8. The Morgan fingerprint density at radius 2 is 0.684 bits per heavy atom. The molecular weight excluding hydrogens is 1200 g/mol. The second-order valence-electron chi connectivity index (χ2n) is 25.6. The molecule has 0 saturated carbocycles. The molecule has 0 N–H and O–H groups in total. The molecule has 0 amide bonds. The molecule has 7 nitrogen and oxygen atoms in total. The first-order chi connectivity index (χ1) is 48.4. The SMILES string of the molecule is N#Cc1ccc2c(c1)Oc1ccc(-c3cc4ccc5cc(-c6ccc(-c7cccc8cccnc78)cc6)cc6ccc(c3)c4c56)c3cccc-2c13.N#Cc1ccc2c(c1)Oc1cccc3c(-c4cc5ccc6cc(-c7cccc(-c8ccncc8)n7)cc7ccc(c4)c5c67)ccc-2c13. The highest BCUT2D eigenvalue weighted by Crippen LogP contribution is 2.52. The van der Waals surface area contributed by atoms with Crippen LogP contribution >= 0.6 is 0 Å². The zero-order valence-corrected chi connectivity index (χ0v) is 52.3. The maximum absolute atomic E-state index is 9.44. The van der Waals surface area contributed by atoms with Crippen LogP contribution in [0, 0.1) is 22.7 Å². The topological polar surface area (TPSA) is 105 Å². The van der Waals surface area contributed by atoms with Gasteiger partial charge in [0, 0.05) is 62.6 Å². The maximum Gasteiger partial charge on any atom is 0.136 e. The molecule has 0 fully saturated rings. The lowest BCUT2D eigenvalue weighted by Gasteiger charge is -2.23. The molecule has 2 aliphatic rings. The highest BCUT2D eigenvalue weighted by Gasteiger charge is 2.26. The van der Waals surface area contributed by atoms with Gasteiger partial charge in [-0.1, -0.05) is 152 Å². The predicted octanol–water partition coefficient (Wildman–Crippen LogP) is 24.1. The van der Waals surface area contributed by atoms with Crippen molar-refractivity contribution in [3.8, 4) is 124 Å². The molecule has 450 valence electrons. The number of fused-ring (bicyclic) bond motifs is 5. The lowest BCUT2D eigenvalue weighted by Crippen LogP contribution is -1.98. The molecule has 0 radical (unpaired) electrons. The number of hydrogen-bond acceptors (Lipinski definition) is 7. The van der Waals surface area contributed by atoms with E-state index in [2.05, 4.69) is 228 Å². The summed E-state index contributed by atoms with van der Waals surface area (Å²) in [7, 11) is 0. The molecule has 0 spiro atoms. The summed E-state index contributed by atoms with van der Waals surface area (Å²) < 4.78 is 12.7. The van der Waals surface area contributed by atoms with Crippen LogP contribution in [0.4, 0.5) is 0 Å². The van der Waals surface area contributed by atoms with Crippen molar-refractivity contribution in [3.05, 3.63) is 309 Å². The molecule has 21 rings (SSSR count).